The van der Waals surface area contributed by atoms with E-state index in [-0.39, 0.29) is 6.04 Å². The van der Waals surface area contributed by atoms with Gasteiger partial charge in [-0.25, -0.2) is 4.39 Å². The van der Waals surface area contributed by atoms with Crippen molar-refractivity contribution < 1.29 is 9.13 Å². The maximum absolute atomic E-state index is 12.3. The quantitative estimate of drug-likeness (QED) is 0.535. The van der Waals surface area contributed by atoms with E-state index in [1.54, 1.807) is 0 Å². The van der Waals surface area contributed by atoms with Gasteiger partial charge in [-0.1, -0.05) is 0 Å². The van der Waals surface area contributed by atoms with Gasteiger partial charge in [0.05, 0.1) is 19.4 Å². The van der Waals surface area contributed by atoms with Crippen molar-refractivity contribution in [3.8, 4) is 0 Å². The molecular weight excluding hydrogens is 109 g/mol. The highest BCUT2D eigenvalue weighted by molar-refractivity contribution is 4.74. The van der Waals surface area contributed by atoms with Crippen LogP contribution < -0.4 is 5.32 Å². The Labute approximate surface area is 48.0 Å². The number of hydrogen-bond acceptors (Lipinski definition) is 2. The molecule has 1 heterocycles. The largest absolute Gasteiger partial charge is 0.365 e. The van der Waals surface area contributed by atoms with Crippen LogP contribution in [-0.2, 0) is 4.74 Å². The monoisotopic (exact) mass is 119 g/mol. The Balaban J connectivity index is 2.24. The van der Waals surface area contributed by atoms with Gasteiger partial charge in [-0.2, -0.15) is 0 Å². The lowest BCUT2D eigenvalue weighted by Gasteiger charge is -2.06. The average molecular weight is 119 g/mol. The molecule has 3 heteroatoms. The van der Waals surface area contributed by atoms with E-state index < -0.39 is 6.17 Å². The van der Waals surface area contributed by atoms with E-state index in [1.165, 1.54) is 6.92 Å². The van der Waals surface area contributed by atoms with Crippen LogP contribution in [0.2, 0.25) is 0 Å². The zero-order valence-corrected chi connectivity index (χ0v) is 4.86. The topological polar surface area (TPSA) is 21.3 Å². The van der Waals surface area contributed by atoms with Gasteiger partial charge in [0, 0.05) is 0 Å². The number of rotatable bonds is 1. The van der Waals surface area contributed by atoms with Crippen molar-refractivity contribution in [2.45, 2.75) is 19.1 Å². The van der Waals surface area contributed by atoms with E-state index in [2.05, 4.69) is 5.32 Å². The SMILES string of the molecule is C[C@@H](F)C1COCN1. The molecule has 1 aliphatic heterocycles. The van der Waals surface area contributed by atoms with Crippen molar-refractivity contribution in [2.75, 3.05) is 13.3 Å². The number of halogens is 1. The minimum Gasteiger partial charge on any atom is -0.365 e. The van der Waals surface area contributed by atoms with Crippen LogP contribution in [0.15, 0.2) is 0 Å². The van der Waals surface area contributed by atoms with Gasteiger partial charge in [-0.3, -0.25) is 5.32 Å². The summed E-state index contributed by atoms with van der Waals surface area (Å²) < 4.78 is 17.1. The second kappa shape index (κ2) is 2.42. The van der Waals surface area contributed by atoms with Crippen molar-refractivity contribution in [3.63, 3.8) is 0 Å². The van der Waals surface area contributed by atoms with Crippen LogP contribution in [0.3, 0.4) is 0 Å². The summed E-state index contributed by atoms with van der Waals surface area (Å²) in [6, 6.07) is -0.0741. The molecule has 1 saturated heterocycles. The Bertz CT molecular complexity index is 70.8. The van der Waals surface area contributed by atoms with Crippen LogP contribution in [-0.4, -0.2) is 25.6 Å². The second-order valence-electron chi connectivity index (χ2n) is 2.00. The zero-order chi connectivity index (χ0) is 5.98. The van der Waals surface area contributed by atoms with E-state index in [1.807, 2.05) is 0 Å². The third-order valence-corrected chi connectivity index (χ3v) is 1.30. The van der Waals surface area contributed by atoms with Crippen LogP contribution in [0.4, 0.5) is 4.39 Å². The lowest BCUT2D eigenvalue weighted by Crippen LogP contribution is -2.31. The summed E-state index contributed by atoms with van der Waals surface area (Å²) in [6.45, 7) is 2.54. The molecule has 1 rings (SSSR count). The first kappa shape index (κ1) is 5.98. The molecule has 0 bridgehead atoms. The Kier molecular flexibility index (Phi) is 1.81. The van der Waals surface area contributed by atoms with Crippen molar-refractivity contribution in [3.05, 3.63) is 0 Å². The maximum Gasteiger partial charge on any atom is 0.115 e. The Morgan fingerprint density at radius 3 is 2.88 bits per heavy atom. The summed E-state index contributed by atoms with van der Waals surface area (Å²) in [5.74, 6) is 0. The third-order valence-electron chi connectivity index (χ3n) is 1.30. The molecule has 0 aliphatic carbocycles. The summed E-state index contributed by atoms with van der Waals surface area (Å²) >= 11 is 0. The van der Waals surface area contributed by atoms with Gasteiger partial charge in [0.25, 0.3) is 0 Å². The predicted octanol–water partition coefficient (Wildman–Crippen LogP) is 0.290. The fourth-order valence-electron chi connectivity index (χ4n) is 0.706. The number of nitrogens with one attached hydrogen (secondary N) is 1. The van der Waals surface area contributed by atoms with Gasteiger partial charge in [-0.15, -0.1) is 0 Å². The Hall–Kier alpha value is -0.150. The minimum atomic E-state index is -0.794. The van der Waals surface area contributed by atoms with Crippen molar-refractivity contribution in [1.29, 1.82) is 0 Å². The Morgan fingerprint density at radius 1 is 1.88 bits per heavy atom. The van der Waals surface area contributed by atoms with Crippen LogP contribution in [0.25, 0.3) is 0 Å². The zero-order valence-electron chi connectivity index (χ0n) is 4.86. The first-order chi connectivity index (χ1) is 3.80. The molecule has 0 spiro atoms. The van der Waals surface area contributed by atoms with E-state index in [4.69, 9.17) is 4.74 Å². The molecule has 2 nitrogen and oxygen atoms in total. The van der Waals surface area contributed by atoms with E-state index in [0.29, 0.717) is 13.3 Å². The molecule has 0 aromatic heterocycles. The molecule has 0 amide bonds. The fraction of sp³-hybridized carbons (Fsp3) is 1.00. The number of hydrogen-bond donors (Lipinski definition) is 1. The summed E-state index contributed by atoms with van der Waals surface area (Å²) in [6.07, 6.45) is -0.794. The molecule has 0 radical (unpaired) electrons. The summed E-state index contributed by atoms with van der Waals surface area (Å²) in [7, 11) is 0. The van der Waals surface area contributed by atoms with Crippen molar-refractivity contribution >= 4 is 0 Å². The van der Waals surface area contributed by atoms with Gasteiger partial charge >= 0.3 is 0 Å². The van der Waals surface area contributed by atoms with Gasteiger partial charge < -0.3 is 4.74 Å². The summed E-state index contributed by atoms with van der Waals surface area (Å²) in [5, 5.41) is 2.86. The van der Waals surface area contributed by atoms with Crippen molar-refractivity contribution in [1.82, 2.24) is 5.32 Å². The van der Waals surface area contributed by atoms with Crippen LogP contribution >= 0.6 is 0 Å². The van der Waals surface area contributed by atoms with Crippen LogP contribution in [0.1, 0.15) is 6.92 Å². The highest BCUT2D eigenvalue weighted by atomic mass is 19.1. The molecule has 0 aromatic rings. The third kappa shape index (κ3) is 1.17. The van der Waals surface area contributed by atoms with Gasteiger partial charge in [0.1, 0.15) is 6.17 Å². The second-order valence-corrected chi connectivity index (χ2v) is 2.00. The Morgan fingerprint density at radius 2 is 2.62 bits per heavy atom. The lowest BCUT2D eigenvalue weighted by molar-refractivity contribution is 0.179. The molecule has 8 heavy (non-hydrogen) atoms. The molecular formula is C5H10FNO. The predicted molar refractivity (Wildman–Crippen MR) is 28.3 cm³/mol. The smallest absolute Gasteiger partial charge is 0.115 e. The normalized spacial score (nSPS) is 33.0. The molecule has 48 valence electrons. The molecule has 1 fully saturated rings. The molecule has 0 saturated carbocycles. The fourth-order valence-corrected chi connectivity index (χ4v) is 0.706. The van der Waals surface area contributed by atoms with E-state index in [9.17, 15) is 4.39 Å². The van der Waals surface area contributed by atoms with E-state index >= 15 is 0 Å². The van der Waals surface area contributed by atoms with Gasteiger partial charge in [-0.05, 0) is 6.92 Å². The lowest BCUT2D eigenvalue weighted by atomic mass is 10.2. The van der Waals surface area contributed by atoms with E-state index in [0.717, 1.165) is 0 Å². The molecule has 1 aliphatic rings. The van der Waals surface area contributed by atoms with Crippen molar-refractivity contribution in [2.24, 2.45) is 0 Å². The maximum atomic E-state index is 12.3. The highest BCUT2D eigenvalue weighted by Crippen LogP contribution is 2.02. The van der Waals surface area contributed by atoms with Crippen LogP contribution in [0.5, 0.6) is 0 Å². The molecule has 1 unspecified atom stereocenters. The first-order valence-corrected chi connectivity index (χ1v) is 2.76. The number of alkyl halides is 1. The minimum absolute atomic E-state index is 0.0741. The highest BCUT2D eigenvalue weighted by Gasteiger charge is 2.20. The summed E-state index contributed by atoms with van der Waals surface area (Å²) in [4.78, 5) is 0. The van der Waals surface area contributed by atoms with Crippen LogP contribution in [0, 0.1) is 0 Å². The molecule has 0 aromatic carbocycles. The average Bonchev–Trinajstić information content (AvgIpc) is 2.12. The molecule has 2 atom stereocenters. The summed E-state index contributed by atoms with van der Waals surface area (Å²) in [5.41, 5.74) is 0. The van der Waals surface area contributed by atoms with Gasteiger partial charge in [0.15, 0.2) is 0 Å². The molecule has 1 N–H and O–H groups in total. The van der Waals surface area contributed by atoms with Gasteiger partial charge in [0.2, 0.25) is 0 Å². The first-order valence-electron chi connectivity index (χ1n) is 2.76. The standard InChI is InChI=1S/C5H10FNO/c1-4(6)5-2-8-3-7-5/h4-5,7H,2-3H2,1H3/t4-,5?/m1/s1. The number of ether oxygens (including phenoxy) is 1.